The Labute approximate surface area is 199 Å². The van der Waals surface area contributed by atoms with Crippen LogP contribution in [0.5, 0.6) is 0 Å². The van der Waals surface area contributed by atoms with Crippen molar-refractivity contribution >= 4 is 17.6 Å². The van der Waals surface area contributed by atoms with Crippen LogP contribution in [0.3, 0.4) is 0 Å². The molecule has 7 nitrogen and oxygen atoms in total. The maximum absolute atomic E-state index is 12.3. The summed E-state index contributed by atoms with van der Waals surface area (Å²) in [5.74, 6) is -2.75. The lowest BCUT2D eigenvalue weighted by Gasteiger charge is -2.20. The second kappa shape index (κ2) is 11.0. The van der Waals surface area contributed by atoms with Crippen molar-refractivity contribution in [2.24, 2.45) is 0 Å². The number of hydrogen-bond donors (Lipinski definition) is 1. The minimum atomic E-state index is -4.27. The van der Waals surface area contributed by atoms with Crippen LogP contribution in [0.1, 0.15) is 65.8 Å². The number of halogens is 5. The number of carbonyl (C=O) groups is 1. The zero-order valence-electron chi connectivity index (χ0n) is 19.3. The number of carbonyl (C=O) groups excluding carboxylic acids is 1. The molecule has 0 atom stereocenters. The number of aromatic nitrogens is 5. The number of aryl methyl sites for hydroxylation is 1. The van der Waals surface area contributed by atoms with Gasteiger partial charge in [-0.25, -0.2) is 18.3 Å². The lowest BCUT2D eigenvalue weighted by molar-refractivity contribution is -0.137. The molecule has 0 radical (unpaired) electrons. The third kappa shape index (κ3) is 7.59. The summed E-state index contributed by atoms with van der Waals surface area (Å²) in [6.07, 6.45) is 3.63. The van der Waals surface area contributed by atoms with Crippen LogP contribution in [-0.4, -0.2) is 42.4 Å². The van der Waals surface area contributed by atoms with E-state index in [1.54, 1.807) is 36.0 Å². The Bertz CT molecular complexity index is 1160. The molecule has 3 aromatic rings. The van der Waals surface area contributed by atoms with Crippen molar-refractivity contribution in [3.8, 4) is 0 Å². The van der Waals surface area contributed by atoms with E-state index in [4.69, 9.17) is 0 Å². The predicted octanol–water partition coefficient (Wildman–Crippen LogP) is 5.35. The van der Waals surface area contributed by atoms with Crippen LogP contribution in [0.25, 0.3) is 11.7 Å². The molecule has 0 bridgehead atoms. The number of rotatable bonds is 6. The first-order valence-electron chi connectivity index (χ1n) is 11.2. The van der Waals surface area contributed by atoms with E-state index < -0.39 is 24.4 Å². The highest BCUT2D eigenvalue weighted by Gasteiger charge is 2.30. The first-order chi connectivity index (χ1) is 16.5. The van der Waals surface area contributed by atoms with Crippen molar-refractivity contribution < 1.29 is 26.7 Å². The average molecular weight is 499 g/mol. The van der Waals surface area contributed by atoms with Gasteiger partial charge >= 0.3 is 6.18 Å². The molecule has 1 fully saturated rings. The number of nitrogens with zero attached hydrogens (tertiary/aromatic N) is 5. The number of fused-ring (bicyclic) bond motifs is 1. The Hall–Kier alpha value is -3.31. The Kier molecular flexibility index (Phi) is 8.23. The molecule has 1 aliphatic carbocycles. The number of imidazole rings is 1. The molecule has 1 N–H and O–H groups in total. The minimum absolute atomic E-state index is 0.118. The van der Waals surface area contributed by atoms with Crippen molar-refractivity contribution in [1.82, 2.24) is 29.7 Å². The fourth-order valence-electron chi connectivity index (χ4n) is 3.60. The van der Waals surface area contributed by atoms with Crippen LogP contribution in [0, 0.1) is 6.92 Å². The summed E-state index contributed by atoms with van der Waals surface area (Å²) in [6.45, 7) is 5.05. The molecule has 0 aliphatic heterocycles. The van der Waals surface area contributed by atoms with E-state index in [2.05, 4.69) is 27.1 Å². The molecule has 1 amide bonds. The number of amides is 1. The van der Waals surface area contributed by atoms with Gasteiger partial charge < -0.3 is 5.32 Å². The van der Waals surface area contributed by atoms with E-state index in [1.165, 1.54) is 10.9 Å². The topological polar surface area (TPSA) is 77.1 Å². The minimum Gasteiger partial charge on any atom is -0.346 e. The average Bonchev–Trinajstić information content (AvgIpc) is 3.38. The summed E-state index contributed by atoms with van der Waals surface area (Å²) in [6, 6.07) is 1.81. The van der Waals surface area contributed by atoms with Crippen molar-refractivity contribution in [2.45, 2.75) is 70.6 Å². The van der Waals surface area contributed by atoms with Gasteiger partial charge in [-0.2, -0.15) is 23.4 Å². The molecule has 0 spiro atoms. The highest BCUT2D eigenvalue weighted by Crippen LogP contribution is 2.32. The van der Waals surface area contributed by atoms with E-state index in [1.807, 2.05) is 0 Å². The summed E-state index contributed by atoms with van der Waals surface area (Å²) in [4.78, 5) is 16.7. The van der Waals surface area contributed by atoms with Crippen LogP contribution >= 0.6 is 0 Å². The van der Waals surface area contributed by atoms with Gasteiger partial charge in [0.15, 0.2) is 5.65 Å². The Balaban J connectivity index is 0.000000363. The molecule has 1 aliphatic rings. The summed E-state index contributed by atoms with van der Waals surface area (Å²) in [7, 11) is 0. The van der Waals surface area contributed by atoms with Gasteiger partial charge in [-0.3, -0.25) is 9.48 Å². The predicted molar refractivity (Wildman–Crippen MR) is 120 cm³/mol. The largest absolute Gasteiger partial charge is 0.390 e. The second-order valence-electron chi connectivity index (χ2n) is 8.36. The molecular weight excluding hydrogens is 471 g/mol. The molecular formula is C23H27F5N6O. The molecule has 35 heavy (non-hydrogen) atoms. The van der Waals surface area contributed by atoms with Crippen LogP contribution in [-0.2, 0) is 13.1 Å². The SMILES string of the molecule is C=Cc1cnn2cc(CNC(=O)c3cnn(CCC(F)(F)F)c3C)nc2c1.FC1(F)CCCCC1. The second-order valence-corrected chi connectivity index (χ2v) is 8.36. The summed E-state index contributed by atoms with van der Waals surface area (Å²) < 4.78 is 64.2. The first-order valence-corrected chi connectivity index (χ1v) is 11.2. The van der Waals surface area contributed by atoms with Crippen LogP contribution in [0.2, 0.25) is 0 Å². The van der Waals surface area contributed by atoms with Gasteiger partial charge in [-0.15, -0.1) is 0 Å². The van der Waals surface area contributed by atoms with E-state index in [9.17, 15) is 26.7 Å². The van der Waals surface area contributed by atoms with Gasteiger partial charge in [0.2, 0.25) is 5.92 Å². The van der Waals surface area contributed by atoms with Crippen LogP contribution in [0.4, 0.5) is 22.0 Å². The molecule has 1 saturated carbocycles. The van der Waals surface area contributed by atoms with Gasteiger partial charge in [-0.05, 0) is 31.4 Å². The third-order valence-electron chi connectivity index (χ3n) is 5.60. The fourth-order valence-corrected chi connectivity index (χ4v) is 3.60. The van der Waals surface area contributed by atoms with Gasteiger partial charge in [0.05, 0.1) is 42.8 Å². The highest BCUT2D eigenvalue weighted by molar-refractivity contribution is 5.94. The molecule has 190 valence electrons. The molecule has 3 heterocycles. The standard InChI is InChI=1S/C17H17F3N6O.C6H10F2/c1-3-12-6-15-24-13(10-26(15)22-7-12)8-21-16(27)14-9-23-25(11(14)2)5-4-17(18,19)20;7-6(8)4-2-1-3-5-6/h3,6-7,9-10H,1,4-5,8H2,2H3,(H,21,27);1-5H2. The number of alkyl halides is 5. The maximum atomic E-state index is 12.3. The highest BCUT2D eigenvalue weighted by atomic mass is 19.4. The van der Waals surface area contributed by atoms with E-state index in [-0.39, 0.29) is 31.5 Å². The lowest BCUT2D eigenvalue weighted by atomic mass is 9.97. The number of nitrogens with one attached hydrogen (secondary N) is 1. The summed E-state index contributed by atoms with van der Waals surface area (Å²) in [5, 5.41) is 10.7. The van der Waals surface area contributed by atoms with Crippen LogP contribution < -0.4 is 5.32 Å². The molecule has 12 heteroatoms. The van der Waals surface area contributed by atoms with Crippen molar-refractivity contribution in [2.75, 3.05) is 0 Å². The van der Waals surface area contributed by atoms with Gasteiger partial charge in [0, 0.05) is 25.1 Å². The molecule has 4 rings (SSSR count). The smallest absolute Gasteiger partial charge is 0.346 e. The zero-order valence-corrected chi connectivity index (χ0v) is 19.3. The molecule has 0 saturated heterocycles. The first kappa shape index (κ1) is 26.3. The molecule has 0 unspecified atom stereocenters. The van der Waals surface area contributed by atoms with E-state index in [0.717, 1.165) is 12.0 Å². The van der Waals surface area contributed by atoms with Gasteiger partial charge in [0.25, 0.3) is 5.91 Å². The third-order valence-corrected chi connectivity index (χ3v) is 5.60. The van der Waals surface area contributed by atoms with E-state index >= 15 is 0 Å². The summed E-state index contributed by atoms with van der Waals surface area (Å²) >= 11 is 0. The van der Waals surface area contributed by atoms with Crippen molar-refractivity contribution in [1.29, 1.82) is 0 Å². The maximum Gasteiger partial charge on any atom is 0.390 e. The Morgan fingerprint density at radius 2 is 1.91 bits per heavy atom. The van der Waals surface area contributed by atoms with Crippen molar-refractivity contribution in [3.63, 3.8) is 0 Å². The van der Waals surface area contributed by atoms with Gasteiger partial charge in [-0.1, -0.05) is 19.1 Å². The normalized spacial score (nSPS) is 15.4. The quantitative estimate of drug-likeness (QED) is 0.465. The Morgan fingerprint density at radius 3 is 2.51 bits per heavy atom. The van der Waals surface area contributed by atoms with Gasteiger partial charge in [0.1, 0.15) is 0 Å². The molecule has 3 aromatic heterocycles. The van der Waals surface area contributed by atoms with E-state index in [0.29, 0.717) is 29.9 Å². The Morgan fingerprint density at radius 1 is 1.20 bits per heavy atom. The fraction of sp³-hybridized carbons (Fsp3) is 0.478. The molecule has 0 aromatic carbocycles. The number of hydrogen-bond acceptors (Lipinski definition) is 4. The zero-order chi connectivity index (χ0) is 25.6. The van der Waals surface area contributed by atoms with Crippen molar-refractivity contribution in [3.05, 3.63) is 53.8 Å². The lowest BCUT2D eigenvalue weighted by Crippen LogP contribution is -2.23. The summed E-state index contributed by atoms with van der Waals surface area (Å²) in [5.41, 5.74) is 2.65. The van der Waals surface area contributed by atoms with Crippen LogP contribution in [0.15, 0.2) is 31.2 Å². The monoisotopic (exact) mass is 498 g/mol.